The normalized spacial score (nSPS) is 17.6. The molecular formula is C30H36N6O3. The highest BCUT2D eigenvalue weighted by Crippen LogP contribution is 2.26. The molecule has 2 aliphatic rings. The molecule has 0 spiro atoms. The maximum atomic E-state index is 13.2. The van der Waals surface area contributed by atoms with Crippen LogP contribution in [-0.4, -0.2) is 77.6 Å². The number of carbonyl (C=O) groups is 2. The average molecular weight is 529 g/mol. The predicted octanol–water partition coefficient (Wildman–Crippen LogP) is 4.15. The summed E-state index contributed by atoms with van der Waals surface area (Å²) < 4.78 is 5.22. The quantitative estimate of drug-likeness (QED) is 0.458. The van der Waals surface area contributed by atoms with Crippen LogP contribution >= 0.6 is 0 Å². The van der Waals surface area contributed by atoms with Gasteiger partial charge in [0, 0.05) is 51.7 Å². The smallest absolute Gasteiger partial charge is 0.326 e. The molecule has 0 radical (unpaired) electrons. The molecule has 3 amide bonds. The van der Waals surface area contributed by atoms with Gasteiger partial charge in [-0.2, -0.15) is 0 Å². The van der Waals surface area contributed by atoms with Crippen molar-refractivity contribution < 1.29 is 14.3 Å². The van der Waals surface area contributed by atoms with Crippen molar-refractivity contribution in [1.82, 2.24) is 19.8 Å². The number of aromatic nitrogens is 2. The number of aryl methyl sites for hydroxylation is 2. The van der Waals surface area contributed by atoms with Crippen LogP contribution in [0.5, 0.6) is 5.75 Å². The van der Waals surface area contributed by atoms with Gasteiger partial charge in [-0.05, 0) is 61.2 Å². The molecule has 9 heteroatoms. The van der Waals surface area contributed by atoms with Gasteiger partial charge in [0.25, 0.3) is 5.91 Å². The van der Waals surface area contributed by atoms with Crippen molar-refractivity contribution >= 4 is 23.6 Å². The van der Waals surface area contributed by atoms with Crippen LogP contribution in [-0.2, 0) is 13.0 Å². The number of methoxy groups -OCH3 is 1. The Labute approximate surface area is 230 Å². The zero-order chi connectivity index (χ0) is 27.5. The third kappa shape index (κ3) is 5.53. The number of piperazine rings is 1. The Bertz CT molecular complexity index is 1320. The van der Waals surface area contributed by atoms with E-state index in [1.165, 1.54) is 11.1 Å². The van der Waals surface area contributed by atoms with E-state index in [9.17, 15) is 9.59 Å². The molecule has 0 N–H and O–H groups in total. The molecule has 4 heterocycles. The second-order valence-corrected chi connectivity index (χ2v) is 10.3. The van der Waals surface area contributed by atoms with E-state index in [-0.39, 0.29) is 18.0 Å². The van der Waals surface area contributed by atoms with Gasteiger partial charge >= 0.3 is 6.03 Å². The summed E-state index contributed by atoms with van der Waals surface area (Å²) >= 11 is 0. The highest BCUT2D eigenvalue weighted by Gasteiger charge is 2.36. The lowest BCUT2D eigenvalue weighted by atomic mass is 10.1. The zero-order valence-electron chi connectivity index (χ0n) is 23.1. The number of benzene rings is 1. The van der Waals surface area contributed by atoms with Gasteiger partial charge in [-0.3, -0.25) is 9.69 Å². The van der Waals surface area contributed by atoms with Gasteiger partial charge in [-0.15, -0.1) is 0 Å². The van der Waals surface area contributed by atoms with Crippen molar-refractivity contribution in [2.75, 3.05) is 49.6 Å². The van der Waals surface area contributed by atoms with E-state index >= 15 is 0 Å². The van der Waals surface area contributed by atoms with Crippen molar-refractivity contribution in [2.24, 2.45) is 0 Å². The summed E-state index contributed by atoms with van der Waals surface area (Å²) in [6, 6.07) is 13.4. The number of rotatable bonds is 7. The van der Waals surface area contributed by atoms with E-state index in [1.807, 2.05) is 47.2 Å². The fraction of sp³-hybridized carbons (Fsp3) is 0.400. The first-order valence-corrected chi connectivity index (χ1v) is 13.5. The summed E-state index contributed by atoms with van der Waals surface area (Å²) in [5.41, 5.74) is 3.97. The number of ether oxygens (including phenoxy) is 1. The van der Waals surface area contributed by atoms with Crippen LogP contribution < -0.4 is 14.5 Å². The van der Waals surface area contributed by atoms with Crippen molar-refractivity contribution in [3.63, 3.8) is 0 Å². The lowest BCUT2D eigenvalue weighted by molar-refractivity contribution is 0.0746. The number of pyridine rings is 2. The fourth-order valence-electron chi connectivity index (χ4n) is 5.34. The number of urea groups is 1. The molecule has 1 unspecified atom stereocenters. The average Bonchev–Trinajstić information content (AvgIpc) is 3.25. The van der Waals surface area contributed by atoms with Crippen LogP contribution in [0.3, 0.4) is 0 Å². The van der Waals surface area contributed by atoms with Crippen molar-refractivity contribution in [1.29, 1.82) is 0 Å². The van der Waals surface area contributed by atoms with Gasteiger partial charge < -0.3 is 19.4 Å². The van der Waals surface area contributed by atoms with Crippen LogP contribution in [0.2, 0.25) is 0 Å². The second kappa shape index (κ2) is 11.3. The summed E-state index contributed by atoms with van der Waals surface area (Å²) in [5.74, 6) is 2.30. The Balaban J connectivity index is 1.19. The van der Waals surface area contributed by atoms with Crippen molar-refractivity contribution in [3.8, 4) is 5.75 Å². The molecule has 39 heavy (non-hydrogen) atoms. The monoisotopic (exact) mass is 528 g/mol. The molecule has 2 saturated heterocycles. The first-order valence-electron chi connectivity index (χ1n) is 13.5. The van der Waals surface area contributed by atoms with E-state index < -0.39 is 0 Å². The van der Waals surface area contributed by atoms with Gasteiger partial charge in [0.15, 0.2) is 0 Å². The highest BCUT2D eigenvalue weighted by atomic mass is 16.5. The SMILES string of the molecule is CCc1cnc(N2CCN(C(=O)c3ccc(N4C(=O)N(Cc5ccc(OC)cc5)CC4C)nc3)CC2)c(C)c1. The largest absolute Gasteiger partial charge is 0.497 e. The van der Waals surface area contributed by atoms with Crippen LogP contribution in [0.15, 0.2) is 54.9 Å². The standard InChI is InChI=1S/C30H36N6O3/c1-5-23-16-21(2)28(32-17-23)33-12-14-34(15-13-33)29(37)25-8-11-27(31-18-25)36-22(3)19-35(30(36)38)20-24-6-9-26(39-4)10-7-24/h6-11,16-18,22H,5,12-15,19-20H2,1-4H3. The zero-order valence-corrected chi connectivity index (χ0v) is 23.1. The third-order valence-electron chi connectivity index (χ3n) is 7.56. The molecule has 2 fully saturated rings. The van der Waals surface area contributed by atoms with E-state index in [0.29, 0.717) is 37.6 Å². The topological polar surface area (TPSA) is 82.1 Å². The summed E-state index contributed by atoms with van der Waals surface area (Å²) in [6.07, 6.45) is 4.50. The second-order valence-electron chi connectivity index (χ2n) is 10.3. The Kier molecular flexibility index (Phi) is 7.67. The molecule has 9 nitrogen and oxygen atoms in total. The molecule has 204 valence electrons. The van der Waals surface area contributed by atoms with Gasteiger partial charge in [-0.1, -0.05) is 25.1 Å². The number of anilines is 2. The van der Waals surface area contributed by atoms with Crippen molar-refractivity contribution in [2.45, 2.75) is 39.8 Å². The molecule has 1 atom stereocenters. The van der Waals surface area contributed by atoms with Gasteiger partial charge in [0.1, 0.15) is 17.4 Å². The molecule has 0 bridgehead atoms. The molecule has 1 aromatic carbocycles. The van der Waals surface area contributed by atoms with Crippen molar-refractivity contribution in [3.05, 3.63) is 77.1 Å². The number of hydrogen-bond donors (Lipinski definition) is 0. The molecule has 2 aromatic heterocycles. The number of carbonyl (C=O) groups excluding carboxylic acids is 2. The lowest BCUT2D eigenvalue weighted by Gasteiger charge is -2.36. The number of nitrogens with zero attached hydrogens (tertiary/aromatic N) is 6. The minimum atomic E-state index is -0.0862. The molecule has 5 rings (SSSR count). The molecule has 3 aromatic rings. The maximum absolute atomic E-state index is 13.2. The van der Waals surface area contributed by atoms with E-state index in [0.717, 1.165) is 36.6 Å². The molecular weight excluding hydrogens is 492 g/mol. The van der Waals surface area contributed by atoms with Crippen LogP contribution in [0, 0.1) is 6.92 Å². The lowest BCUT2D eigenvalue weighted by Crippen LogP contribution is -2.49. The van der Waals surface area contributed by atoms with Gasteiger partial charge in [0.2, 0.25) is 0 Å². The minimum Gasteiger partial charge on any atom is -0.497 e. The number of amides is 3. The number of hydrogen-bond acceptors (Lipinski definition) is 6. The molecule has 2 aliphatic heterocycles. The van der Waals surface area contributed by atoms with Crippen LogP contribution in [0.4, 0.5) is 16.4 Å². The van der Waals surface area contributed by atoms with Gasteiger partial charge in [-0.25, -0.2) is 14.8 Å². The maximum Gasteiger partial charge on any atom is 0.326 e. The third-order valence-corrected chi connectivity index (χ3v) is 7.56. The van der Waals surface area contributed by atoms with Gasteiger partial charge in [0.05, 0.1) is 18.7 Å². The molecule has 0 aliphatic carbocycles. The Hall–Kier alpha value is -4.14. The highest BCUT2D eigenvalue weighted by molar-refractivity contribution is 5.96. The van der Waals surface area contributed by atoms with E-state index in [1.54, 1.807) is 30.3 Å². The van der Waals surface area contributed by atoms with Crippen LogP contribution in [0.25, 0.3) is 0 Å². The van der Waals surface area contributed by atoms with Crippen LogP contribution in [0.1, 0.15) is 40.9 Å². The Morgan fingerprint density at radius 3 is 2.36 bits per heavy atom. The fourth-order valence-corrected chi connectivity index (χ4v) is 5.34. The van der Waals surface area contributed by atoms with E-state index in [4.69, 9.17) is 4.74 Å². The first kappa shape index (κ1) is 26.5. The van der Waals surface area contributed by atoms with E-state index in [2.05, 4.69) is 34.8 Å². The predicted molar refractivity (Wildman–Crippen MR) is 151 cm³/mol. The summed E-state index contributed by atoms with van der Waals surface area (Å²) in [7, 11) is 1.64. The Morgan fingerprint density at radius 2 is 1.74 bits per heavy atom. The summed E-state index contributed by atoms with van der Waals surface area (Å²) in [6.45, 7) is 10.1. The summed E-state index contributed by atoms with van der Waals surface area (Å²) in [5, 5.41) is 0. The first-order chi connectivity index (χ1) is 18.9. The molecule has 0 saturated carbocycles. The Morgan fingerprint density at radius 1 is 1.00 bits per heavy atom. The summed E-state index contributed by atoms with van der Waals surface area (Å²) in [4.78, 5) is 43.3. The minimum absolute atomic E-state index is 0.0265.